The summed E-state index contributed by atoms with van der Waals surface area (Å²) in [6.45, 7) is 2.73. The van der Waals surface area contributed by atoms with E-state index >= 15 is 0 Å². The zero-order valence-corrected chi connectivity index (χ0v) is 11.4. The minimum atomic E-state index is -4.53. The minimum absolute atomic E-state index is 0.0322. The van der Waals surface area contributed by atoms with Gasteiger partial charge in [0, 0.05) is 0 Å². The van der Waals surface area contributed by atoms with Gasteiger partial charge in [-0.3, -0.25) is 4.79 Å². The van der Waals surface area contributed by atoms with Crippen molar-refractivity contribution >= 4 is 16.0 Å². The van der Waals surface area contributed by atoms with Gasteiger partial charge in [-0.25, -0.2) is 21.6 Å². The van der Waals surface area contributed by atoms with Crippen LogP contribution < -0.4 is 4.72 Å². The van der Waals surface area contributed by atoms with Gasteiger partial charge in [0.05, 0.1) is 6.61 Å². The van der Waals surface area contributed by atoms with Crippen molar-refractivity contribution in [1.29, 1.82) is 0 Å². The molecule has 0 amide bonds. The molecule has 0 aromatic heterocycles. The van der Waals surface area contributed by atoms with Gasteiger partial charge in [0.15, 0.2) is 17.5 Å². The topological polar surface area (TPSA) is 72.5 Å². The molecule has 5 nitrogen and oxygen atoms in total. The summed E-state index contributed by atoms with van der Waals surface area (Å²) in [6, 6.07) is -0.261. The fourth-order valence-corrected chi connectivity index (χ4v) is 2.59. The van der Waals surface area contributed by atoms with Crippen LogP contribution in [0.3, 0.4) is 0 Å². The van der Waals surface area contributed by atoms with Gasteiger partial charge in [-0.2, -0.15) is 4.72 Å². The fourth-order valence-electron chi connectivity index (χ4n) is 1.33. The van der Waals surface area contributed by atoms with E-state index in [0.29, 0.717) is 12.1 Å². The summed E-state index contributed by atoms with van der Waals surface area (Å²) in [5.41, 5.74) is 0. The second kappa shape index (κ2) is 6.23. The molecule has 0 bridgehead atoms. The van der Waals surface area contributed by atoms with Crippen molar-refractivity contribution in [3.8, 4) is 0 Å². The Morgan fingerprint density at radius 3 is 2.45 bits per heavy atom. The van der Waals surface area contributed by atoms with Crippen LogP contribution in [0.5, 0.6) is 0 Å². The van der Waals surface area contributed by atoms with Crippen LogP contribution in [0.4, 0.5) is 13.2 Å². The lowest BCUT2D eigenvalue weighted by atomic mass is 10.3. The SMILES string of the molecule is CCOC(=O)C(C)NS(=O)(=O)c1ccc(F)c(F)c1F. The van der Waals surface area contributed by atoms with Crippen molar-refractivity contribution < 1.29 is 31.1 Å². The Labute approximate surface area is 113 Å². The summed E-state index contributed by atoms with van der Waals surface area (Å²) < 4.78 is 69.1. The molecule has 0 saturated heterocycles. The molecule has 0 aliphatic heterocycles. The van der Waals surface area contributed by atoms with E-state index in [1.807, 2.05) is 4.72 Å². The lowest BCUT2D eigenvalue weighted by Gasteiger charge is -2.13. The summed E-state index contributed by atoms with van der Waals surface area (Å²) in [6.07, 6.45) is 0. The molecule has 0 spiro atoms. The Kier molecular flexibility index (Phi) is 5.12. The Morgan fingerprint density at radius 2 is 1.90 bits per heavy atom. The van der Waals surface area contributed by atoms with Crippen LogP contribution in [0.25, 0.3) is 0 Å². The molecule has 112 valence electrons. The average Bonchev–Trinajstić information content (AvgIpc) is 2.35. The number of nitrogens with one attached hydrogen (secondary N) is 1. The van der Waals surface area contributed by atoms with E-state index < -0.39 is 44.4 Å². The lowest BCUT2D eigenvalue weighted by molar-refractivity contribution is -0.144. The van der Waals surface area contributed by atoms with Gasteiger partial charge in [-0.05, 0) is 26.0 Å². The molecular weight excluding hydrogens is 299 g/mol. The van der Waals surface area contributed by atoms with Crippen molar-refractivity contribution in [3.05, 3.63) is 29.6 Å². The first-order valence-corrected chi connectivity index (χ1v) is 7.01. The van der Waals surface area contributed by atoms with Crippen LogP contribution in [0.2, 0.25) is 0 Å². The van der Waals surface area contributed by atoms with E-state index in [2.05, 4.69) is 4.74 Å². The highest BCUT2D eigenvalue weighted by Crippen LogP contribution is 2.19. The van der Waals surface area contributed by atoms with Crippen molar-refractivity contribution in [3.63, 3.8) is 0 Å². The molecular formula is C11H12F3NO4S. The number of ether oxygens (including phenoxy) is 1. The van der Waals surface area contributed by atoms with Crippen LogP contribution in [-0.4, -0.2) is 27.0 Å². The average molecular weight is 311 g/mol. The van der Waals surface area contributed by atoms with Gasteiger partial charge in [-0.15, -0.1) is 0 Å². The number of halogens is 3. The highest BCUT2D eigenvalue weighted by Gasteiger charge is 2.28. The van der Waals surface area contributed by atoms with Gasteiger partial charge >= 0.3 is 5.97 Å². The monoisotopic (exact) mass is 311 g/mol. The third-order valence-electron chi connectivity index (χ3n) is 2.26. The third kappa shape index (κ3) is 3.48. The van der Waals surface area contributed by atoms with E-state index in [9.17, 15) is 26.4 Å². The van der Waals surface area contributed by atoms with Gasteiger partial charge < -0.3 is 4.74 Å². The molecule has 1 atom stereocenters. The van der Waals surface area contributed by atoms with E-state index in [4.69, 9.17) is 0 Å². The highest BCUT2D eigenvalue weighted by molar-refractivity contribution is 7.89. The van der Waals surface area contributed by atoms with Crippen LogP contribution in [0.1, 0.15) is 13.8 Å². The number of benzene rings is 1. The Morgan fingerprint density at radius 1 is 1.30 bits per heavy atom. The molecule has 1 aromatic rings. The maximum Gasteiger partial charge on any atom is 0.323 e. The number of carbonyl (C=O) groups is 1. The van der Waals surface area contributed by atoms with E-state index in [1.165, 1.54) is 13.8 Å². The van der Waals surface area contributed by atoms with Crippen LogP contribution in [-0.2, 0) is 19.6 Å². The molecule has 20 heavy (non-hydrogen) atoms. The number of rotatable bonds is 5. The first kappa shape index (κ1) is 16.4. The van der Waals surface area contributed by atoms with Gasteiger partial charge in [0.25, 0.3) is 0 Å². The maximum atomic E-state index is 13.4. The molecule has 0 heterocycles. The predicted octanol–water partition coefficient (Wildman–Crippen LogP) is 1.33. The normalized spacial score (nSPS) is 13.1. The zero-order valence-electron chi connectivity index (χ0n) is 10.6. The first-order chi connectivity index (χ1) is 9.20. The second-order valence-corrected chi connectivity index (χ2v) is 5.45. The van der Waals surface area contributed by atoms with Gasteiger partial charge in [-0.1, -0.05) is 0 Å². The molecule has 1 N–H and O–H groups in total. The largest absolute Gasteiger partial charge is 0.465 e. The molecule has 1 aromatic carbocycles. The molecule has 1 unspecified atom stereocenters. The number of esters is 1. The quantitative estimate of drug-likeness (QED) is 0.658. The first-order valence-electron chi connectivity index (χ1n) is 5.53. The number of hydrogen-bond donors (Lipinski definition) is 1. The van der Waals surface area contributed by atoms with Crippen LogP contribution >= 0.6 is 0 Å². The maximum absolute atomic E-state index is 13.4. The predicted molar refractivity (Wildman–Crippen MR) is 62.7 cm³/mol. The number of sulfonamides is 1. The van der Waals surface area contributed by atoms with Crippen LogP contribution in [0, 0.1) is 17.5 Å². The van der Waals surface area contributed by atoms with Crippen molar-refractivity contribution in [2.75, 3.05) is 6.61 Å². The van der Waals surface area contributed by atoms with E-state index in [0.717, 1.165) is 0 Å². The third-order valence-corrected chi connectivity index (χ3v) is 3.82. The Balaban J connectivity index is 3.07. The van der Waals surface area contributed by atoms with E-state index in [1.54, 1.807) is 0 Å². The molecule has 1 rings (SSSR count). The molecule has 9 heteroatoms. The molecule has 0 aliphatic rings. The smallest absolute Gasteiger partial charge is 0.323 e. The Hall–Kier alpha value is -1.61. The summed E-state index contributed by atoms with van der Waals surface area (Å²) in [4.78, 5) is 10.2. The lowest BCUT2D eigenvalue weighted by Crippen LogP contribution is -2.39. The van der Waals surface area contributed by atoms with Gasteiger partial charge in [0.1, 0.15) is 10.9 Å². The summed E-state index contributed by atoms with van der Waals surface area (Å²) in [5, 5.41) is 0. The molecule has 0 saturated carbocycles. The molecule has 0 fully saturated rings. The van der Waals surface area contributed by atoms with Crippen LogP contribution in [0.15, 0.2) is 17.0 Å². The van der Waals surface area contributed by atoms with Crippen molar-refractivity contribution in [2.24, 2.45) is 0 Å². The molecule has 0 aliphatic carbocycles. The summed E-state index contributed by atoms with van der Waals surface area (Å²) >= 11 is 0. The number of hydrogen-bond acceptors (Lipinski definition) is 4. The summed E-state index contributed by atoms with van der Waals surface area (Å²) in [7, 11) is -4.53. The standard InChI is InChI=1S/C11H12F3NO4S/c1-3-19-11(16)6(2)15-20(17,18)8-5-4-7(12)9(13)10(8)14/h4-6,15H,3H2,1-2H3. The van der Waals surface area contributed by atoms with Gasteiger partial charge in [0.2, 0.25) is 10.0 Å². The number of carbonyl (C=O) groups excluding carboxylic acids is 1. The highest BCUT2D eigenvalue weighted by atomic mass is 32.2. The minimum Gasteiger partial charge on any atom is -0.465 e. The van der Waals surface area contributed by atoms with Crippen molar-refractivity contribution in [2.45, 2.75) is 24.8 Å². The zero-order chi connectivity index (χ0) is 15.5. The second-order valence-electron chi connectivity index (χ2n) is 3.77. The summed E-state index contributed by atoms with van der Waals surface area (Å²) in [5.74, 6) is -6.15. The Bertz CT molecular complexity index is 618. The van der Waals surface area contributed by atoms with Crippen molar-refractivity contribution in [1.82, 2.24) is 4.72 Å². The fraction of sp³-hybridized carbons (Fsp3) is 0.364. The van der Waals surface area contributed by atoms with E-state index in [-0.39, 0.29) is 6.61 Å². The molecule has 0 radical (unpaired) electrons.